The zero-order valence-electron chi connectivity index (χ0n) is 10.7. The quantitative estimate of drug-likeness (QED) is 0.515. The molecular weight excluding hydrogens is 348 g/mol. The molecule has 0 aliphatic carbocycles. The Hall–Kier alpha value is -2.05. The first-order chi connectivity index (χ1) is 10.2. The standard InChI is InChI=1S/C15H9BrN4S/c16-10-7-5-9(6-8-10)13-18-14-11-3-1-2-4-12(11)17-15(21)20(14)19-13/h1-8H,(H,18,19). The molecule has 0 bridgehead atoms. The molecule has 4 aromatic rings. The Morgan fingerprint density at radius 1 is 1.00 bits per heavy atom. The monoisotopic (exact) mass is 356 g/mol. The van der Waals surface area contributed by atoms with Crippen molar-refractivity contribution in [3.63, 3.8) is 0 Å². The molecule has 0 amide bonds. The molecule has 0 aliphatic heterocycles. The molecule has 6 heteroatoms. The van der Waals surface area contributed by atoms with Crippen molar-refractivity contribution in [1.82, 2.24) is 19.6 Å². The van der Waals surface area contributed by atoms with E-state index in [1.165, 1.54) is 0 Å². The van der Waals surface area contributed by atoms with E-state index in [2.05, 4.69) is 31.0 Å². The van der Waals surface area contributed by atoms with E-state index in [1.54, 1.807) is 4.52 Å². The molecule has 2 heterocycles. The number of nitrogens with one attached hydrogen (secondary N) is 1. The van der Waals surface area contributed by atoms with Gasteiger partial charge in [0.15, 0.2) is 11.5 Å². The molecule has 0 saturated carbocycles. The highest BCUT2D eigenvalue weighted by molar-refractivity contribution is 9.10. The van der Waals surface area contributed by atoms with Gasteiger partial charge in [0.25, 0.3) is 0 Å². The van der Waals surface area contributed by atoms with Crippen LogP contribution >= 0.6 is 28.1 Å². The number of hydrogen-bond donors (Lipinski definition) is 1. The van der Waals surface area contributed by atoms with Crippen LogP contribution in [0.25, 0.3) is 27.9 Å². The van der Waals surface area contributed by atoms with Gasteiger partial charge in [-0.1, -0.05) is 40.2 Å². The van der Waals surface area contributed by atoms with E-state index < -0.39 is 0 Å². The second-order valence-corrected chi connectivity index (χ2v) is 5.93. The normalized spacial score (nSPS) is 11.3. The fourth-order valence-corrected chi connectivity index (χ4v) is 2.80. The summed E-state index contributed by atoms with van der Waals surface area (Å²) in [6.45, 7) is 0. The summed E-state index contributed by atoms with van der Waals surface area (Å²) in [5, 5.41) is 4.19. The number of halogens is 1. The van der Waals surface area contributed by atoms with Crippen molar-refractivity contribution in [3.05, 3.63) is 57.8 Å². The Balaban J connectivity index is 2.05. The highest BCUT2D eigenvalue weighted by atomic mass is 79.9. The molecule has 4 rings (SSSR count). The molecule has 21 heavy (non-hydrogen) atoms. The Morgan fingerprint density at radius 2 is 1.76 bits per heavy atom. The van der Waals surface area contributed by atoms with Crippen molar-refractivity contribution in [2.45, 2.75) is 0 Å². The molecule has 1 N–H and O–H groups in total. The van der Waals surface area contributed by atoms with Gasteiger partial charge in [-0.2, -0.15) is 0 Å². The molecule has 4 nitrogen and oxygen atoms in total. The number of aromatic nitrogens is 4. The molecule has 0 fully saturated rings. The molecule has 0 spiro atoms. The third-order valence-corrected chi connectivity index (χ3v) is 4.12. The van der Waals surface area contributed by atoms with Crippen molar-refractivity contribution in [2.75, 3.05) is 0 Å². The van der Waals surface area contributed by atoms with Crippen molar-refractivity contribution in [1.29, 1.82) is 0 Å². The average Bonchev–Trinajstić information content (AvgIpc) is 2.94. The van der Waals surface area contributed by atoms with E-state index in [-0.39, 0.29) is 0 Å². The van der Waals surface area contributed by atoms with Crippen LogP contribution in [0.4, 0.5) is 0 Å². The summed E-state index contributed by atoms with van der Waals surface area (Å²) in [7, 11) is 0. The topological polar surface area (TPSA) is 46.0 Å². The lowest BCUT2D eigenvalue weighted by molar-refractivity contribution is 0.918. The van der Waals surface area contributed by atoms with E-state index in [9.17, 15) is 0 Å². The highest BCUT2D eigenvalue weighted by Crippen LogP contribution is 2.22. The first-order valence-corrected chi connectivity index (χ1v) is 7.56. The first kappa shape index (κ1) is 12.7. The van der Waals surface area contributed by atoms with Gasteiger partial charge in [-0.25, -0.2) is 14.5 Å². The second kappa shape index (κ2) is 4.75. The number of hydrogen-bond acceptors (Lipinski definition) is 3. The van der Waals surface area contributed by atoms with Crippen LogP contribution in [0.2, 0.25) is 0 Å². The molecule has 0 saturated heterocycles. The molecule has 2 aromatic heterocycles. The average molecular weight is 357 g/mol. The van der Waals surface area contributed by atoms with Gasteiger partial charge in [-0.15, -0.1) is 0 Å². The molecule has 0 unspecified atom stereocenters. The van der Waals surface area contributed by atoms with Gasteiger partial charge in [0.05, 0.1) is 5.52 Å². The zero-order valence-corrected chi connectivity index (χ0v) is 13.1. The number of nitrogens with zero attached hydrogens (tertiary/aromatic N) is 3. The van der Waals surface area contributed by atoms with Crippen LogP contribution in [0.3, 0.4) is 0 Å². The van der Waals surface area contributed by atoms with E-state index in [4.69, 9.17) is 12.2 Å². The second-order valence-electron chi connectivity index (χ2n) is 4.65. The minimum atomic E-state index is 0.472. The van der Waals surface area contributed by atoms with Crippen LogP contribution in [-0.4, -0.2) is 19.6 Å². The maximum atomic E-state index is 5.34. The number of aromatic amines is 1. The number of H-pyrrole nitrogens is 1. The van der Waals surface area contributed by atoms with Crippen LogP contribution in [-0.2, 0) is 0 Å². The third kappa shape index (κ3) is 2.07. The fraction of sp³-hybridized carbons (Fsp3) is 0. The van der Waals surface area contributed by atoms with Gasteiger partial charge < -0.3 is 0 Å². The first-order valence-electron chi connectivity index (χ1n) is 6.36. The van der Waals surface area contributed by atoms with E-state index >= 15 is 0 Å². The van der Waals surface area contributed by atoms with Crippen LogP contribution in [0.5, 0.6) is 0 Å². The maximum absolute atomic E-state index is 5.34. The van der Waals surface area contributed by atoms with Crippen LogP contribution < -0.4 is 0 Å². The molecular formula is C15H9BrN4S. The Kier molecular flexibility index (Phi) is 2.87. The lowest BCUT2D eigenvalue weighted by Gasteiger charge is -1.98. The number of fused-ring (bicyclic) bond motifs is 3. The van der Waals surface area contributed by atoms with Crippen LogP contribution in [0, 0.1) is 4.77 Å². The summed E-state index contributed by atoms with van der Waals surface area (Å²) in [6, 6.07) is 15.8. The van der Waals surface area contributed by atoms with Crippen molar-refractivity contribution in [2.24, 2.45) is 0 Å². The molecule has 102 valence electrons. The number of benzene rings is 2. The van der Waals surface area contributed by atoms with Crippen molar-refractivity contribution >= 4 is 44.7 Å². The van der Waals surface area contributed by atoms with Crippen molar-refractivity contribution in [3.8, 4) is 11.4 Å². The highest BCUT2D eigenvalue weighted by Gasteiger charge is 2.09. The van der Waals surface area contributed by atoms with Gasteiger partial charge in [-0.05, 0) is 36.5 Å². The lowest BCUT2D eigenvalue weighted by Crippen LogP contribution is -1.94. The Labute approximate surface area is 133 Å². The third-order valence-electron chi connectivity index (χ3n) is 3.32. The van der Waals surface area contributed by atoms with E-state index in [1.807, 2.05) is 48.5 Å². The molecule has 0 radical (unpaired) electrons. The number of para-hydroxylation sites is 1. The minimum absolute atomic E-state index is 0.472. The minimum Gasteiger partial charge on any atom is -0.273 e. The van der Waals surface area contributed by atoms with Gasteiger partial charge in [0.2, 0.25) is 4.77 Å². The van der Waals surface area contributed by atoms with Gasteiger partial charge in [-0.3, -0.25) is 5.10 Å². The fourth-order valence-electron chi connectivity index (χ4n) is 2.31. The SMILES string of the molecule is S=c1nc2ccccc2c2nc(-c3ccc(Br)cc3)[nH]n12. The van der Waals surface area contributed by atoms with Crippen molar-refractivity contribution < 1.29 is 0 Å². The van der Waals surface area contributed by atoms with E-state index in [0.717, 1.165) is 32.4 Å². The summed E-state index contributed by atoms with van der Waals surface area (Å²) in [5.41, 5.74) is 2.65. The Morgan fingerprint density at radius 3 is 2.57 bits per heavy atom. The zero-order chi connectivity index (χ0) is 14.4. The van der Waals surface area contributed by atoms with Gasteiger partial charge in [0, 0.05) is 15.4 Å². The van der Waals surface area contributed by atoms with Gasteiger partial charge in [0.1, 0.15) is 0 Å². The molecule has 2 aromatic carbocycles. The molecule has 0 aliphatic rings. The summed E-state index contributed by atoms with van der Waals surface area (Å²) < 4.78 is 3.25. The summed E-state index contributed by atoms with van der Waals surface area (Å²) >= 11 is 8.77. The largest absolute Gasteiger partial charge is 0.273 e. The maximum Gasteiger partial charge on any atom is 0.221 e. The predicted molar refractivity (Wildman–Crippen MR) is 88.8 cm³/mol. The molecule has 0 atom stereocenters. The van der Waals surface area contributed by atoms with Crippen LogP contribution in [0.1, 0.15) is 0 Å². The number of rotatable bonds is 1. The van der Waals surface area contributed by atoms with Crippen LogP contribution in [0.15, 0.2) is 53.0 Å². The van der Waals surface area contributed by atoms with E-state index in [0.29, 0.717) is 4.77 Å². The summed E-state index contributed by atoms with van der Waals surface area (Å²) in [5.74, 6) is 0.770. The smallest absolute Gasteiger partial charge is 0.221 e. The Bertz CT molecular complexity index is 1020. The van der Waals surface area contributed by atoms with Gasteiger partial charge >= 0.3 is 0 Å². The predicted octanol–water partition coefficient (Wildman–Crippen LogP) is 4.37. The lowest BCUT2D eigenvalue weighted by atomic mass is 10.2. The summed E-state index contributed by atoms with van der Waals surface area (Å²) in [4.78, 5) is 9.11. The summed E-state index contributed by atoms with van der Waals surface area (Å²) in [6.07, 6.45) is 0.